The van der Waals surface area contributed by atoms with Gasteiger partial charge in [0.25, 0.3) is 0 Å². The lowest BCUT2D eigenvalue weighted by Gasteiger charge is -2.17. The van der Waals surface area contributed by atoms with E-state index in [1.54, 1.807) is 12.1 Å². The highest BCUT2D eigenvalue weighted by molar-refractivity contribution is 7.80. The molecule has 0 bridgehead atoms. The Balaban J connectivity index is 1.79. The van der Waals surface area contributed by atoms with Crippen LogP contribution >= 0.6 is 24.2 Å². The van der Waals surface area contributed by atoms with Crippen LogP contribution in [-0.2, 0) is 0 Å². The maximum absolute atomic E-state index is 9.03. The molecule has 0 saturated carbocycles. The van der Waals surface area contributed by atoms with Crippen LogP contribution in [0.4, 0.5) is 11.5 Å². The molecule has 3 aromatic carbocycles. The van der Waals surface area contributed by atoms with E-state index in [0.717, 1.165) is 27.8 Å². The zero-order valence-electron chi connectivity index (χ0n) is 15.7. The summed E-state index contributed by atoms with van der Waals surface area (Å²) >= 11 is 11.4. The number of nitrogens with one attached hydrogen (secondary N) is 1. The largest absolute Gasteiger partial charge is 0.340 e. The number of nitriles is 1. The molecule has 144 valence electrons. The van der Waals surface area contributed by atoms with Crippen molar-refractivity contribution in [1.29, 1.82) is 5.26 Å². The van der Waals surface area contributed by atoms with E-state index in [-0.39, 0.29) is 5.25 Å². The molecule has 1 atom stereocenters. The zero-order valence-corrected chi connectivity index (χ0v) is 17.3. The van der Waals surface area contributed by atoms with Gasteiger partial charge < -0.3 is 5.32 Å². The Bertz CT molecular complexity index is 1320. The van der Waals surface area contributed by atoms with E-state index in [1.165, 1.54) is 6.33 Å². The SMILES string of the molecule is C#Cc1cccc(Nc2ncnc3c(C(S)c4ccc(C#N)cc4)c(Cl)ccc23)c1. The van der Waals surface area contributed by atoms with E-state index in [1.807, 2.05) is 48.5 Å². The summed E-state index contributed by atoms with van der Waals surface area (Å²) in [5.41, 5.74) is 4.60. The molecule has 0 spiro atoms. The molecule has 0 aliphatic heterocycles. The lowest BCUT2D eigenvalue weighted by atomic mass is 10.00. The van der Waals surface area contributed by atoms with Crippen LogP contribution in [0.3, 0.4) is 0 Å². The molecule has 0 fully saturated rings. The minimum atomic E-state index is -0.318. The van der Waals surface area contributed by atoms with Crippen LogP contribution < -0.4 is 5.32 Å². The Labute approximate surface area is 185 Å². The first-order valence-corrected chi connectivity index (χ1v) is 9.95. The summed E-state index contributed by atoms with van der Waals surface area (Å²) < 4.78 is 0. The summed E-state index contributed by atoms with van der Waals surface area (Å²) in [6.45, 7) is 0. The van der Waals surface area contributed by atoms with Crippen molar-refractivity contribution in [2.45, 2.75) is 5.25 Å². The molecule has 1 heterocycles. The zero-order chi connectivity index (χ0) is 21.1. The van der Waals surface area contributed by atoms with E-state index < -0.39 is 0 Å². The molecule has 4 nitrogen and oxygen atoms in total. The molecule has 4 rings (SSSR count). The van der Waals surface area contributed by atoms with Gasteiger partial charge in [-0.1, -0.05) is 35.7 Å². The van der Waals surface area contributed by atoms with Crippen molar-refractivity contribution >= 4 is 46.6 Å². The molecule has 4 aromatic rings. The highest BCUT2D eigenvalue weighted by Gasteiger charge is 2.19. The predicted molar refractivity (Wildman–Crippen MR) is 124 cm³/mol. The molecule has 0 aliphatic carbocycles. The third kappa shape index (κ3) is 3.82. The van der Waals surface area contributed by atoms with E-state index in [9.17, 15) is 0 Å². The van der Waals surface area contributed by atoms with Gasteiger partial charge in [-0.15, -0.1) is 6.42 Å². The summed E-state index contributed by atoms with van der Waals surface area (Å²) in [5, 5.41) is 13.4. The van der Waals surface area contributed by atoms with Crippen LogP contribution in [0.1, 0.15) is 27.5 Å². The van der Waals surface area contributed by atoms with Gasteiger partial charge in [-0.3, -0.25) is 0 Å². The molecular formula is C24H15ClN4S. The van der Waals surface area contributed by atoms with E-state index in [0.29, 0.717) is 21.9 Å². The van der Waals surface area contributed by atoms with E-state index in [2.05, 4.69) is 27.3 Å². The average molecular weight is 427 g/mol. The van der Waals surface area contributed by atoms with Crippen molar-refractivity contribution in [3.8, 4) is 18.4 Å². The molecule has 1 aromatic heterocycles. The van der Waals surface area contributed by atoms with Gasteiger partial charge >= 0.3 is 0 Å². The average Bonchev–Trinajstić information content (AvgIpc) is 2.79. The van der Waals surface area contributed by atoms with Crippen LogP contribution in [0.15, 0.2) is 67.0 Å². The number of halogens is 1. The maximum Gasteiger partial charge on any atom is 0.141 e. The number of fused-ring (bicyclic) bond motifs is 1. The standard InChI is InChI=1S/C24H15ClN4S/c1-2-15-4-3-5-18(12-15)29-24-19-10-11-20(25)21(22(19)27-14-28-24)23(30)17-8-6-16(13-26)7-9-17/h1,3-12,14,23,30H,(H,27,28,29). The summed E-state index contributed by atoms with van der Waals surface area (Å²) in [5.74, 6) is 3.27. The molecule has 0 radical (unpaired) electrons. The Morgan fingerprint density at radius 1 is 1.03 bits per heavy atom. The topological polar surface area (TPSA) is 61.6 Å². The van der Waals surface area contributed by atoms with Crippen LogP contribution in [0.5, 0.6) is 0 Å². The molecule has 30 heavy (non-hydrogen) atoms. The number of anilines is 2. The van der Waals surface area contributed by atoms with Crippen molar-refractivity contribution in [2.75, 3.05) is 5.32 Å². The minimum absolute atomic E-state index is 0.318. The van der Waals surface area contributed by atoms with Crippen LogP contribution in [-0.4, -0.2) is 9.97 Å². The van der Waals surface area contributed by atoms with Crippen molar-refractivity contribution in [3.63, 3.8) is 0 Å². The smallest absolute Gasteiger partial charge is 0.141 e. The number of thiol groups is 1. The van der Waals surface area contributed by atoms with Gasteiger partial charge in [-0.05, 0) is 48.0 Å². The van der Waals surface area contributed by atoms with E-state index in [4.69, 9.17) is 35.9 Å². The van der Waals surface area contributed by atoms with Crippen molar-refractivity contribution in [3.05, 3.63) is 94.3 Å². The van der Waals surface area contributed by atoms with Gasteiger partial charge in [-0.2, -0.15) is 17.9 Å². The van der Waals surface area contributed by atoms with Crippen LogP contribution in [0.25, 0.3) is 10.9 Å². The fourth-order valence-corrected chi connectivity index (χ4v) is 3.99. The van der Waals surface area contributed by atoms with Crippen molar-refractivity contribution in [1.82, 2.24) is 9.97 Å². The first kappa shape index (κ1) is 19.8. The Morgan fingerprint density at radius 2 is 1.83 bits per heavy atom. The lowest BCUT2D eigenvalue weighted by Crippen LogP contribution is -2.01. The highest BCUT2D eigenvalue weighted by atomic mass is 35.5. The number of nitrogens with zero attached hydrogens (tertiary/aromatic N) is 3. The number of benzene rings is 3. The monoisotopic (exact) mass is 426 g/mol. The fourth-order valence-electron chi connectivity index (χ4n) is 3.22. The Hall–Kier alpha value is -3.51. The molecule has 0 saturated heterocycles. The number of terminal acetylenes is 1. The number of rotatable bonds is 4. The lowest BCUT2D eigenvalue weighted by molar-refractivity contribution is 1.15. The molecule has 0 amide bonds. The molecular weight excluding hydrogens is 412 g/mol. The predicted octanol–water partition coefficient (Wildman–Crippen LogP) is 5.90. The normalized spacial score (nSPS) is 11.5. The van der Waals surface area contributed by atoms with Crippen LogP contribution in [0.2, 0.25) is 5.02 Å². The van der Waals surface area contributed by atoms with Gasteiger partial charge in [0.15, 0.2) is 0 Å². The fraction of sp³-hybridized carbons (Fsp3) is 0.0417. The van der Waals surface area contributed by atoms with Gasteiger partial charge in [0.1, 0.15) is 12.1 Å². The third-order valence-electron chi connectivity index (χ3n) is 4.71. The summed E-state index contributed by atoms with van der Waals surface area (Å²) in [6.07, 6.45) is 7.00. The second-order valence-corrected chi connectivity index (χ2v) is 7.49. The van der Waals surface area contributed by atoms with Crippen molar-refractivity contribution in [2.24, 2.45) is 0 Å². The second-order valence-electron chi connectivity index (χ2n) is 6.57. The van der Waals surface area contributed by atoms with Gasteiger partial charge in [-0.25, -0.2) is 9.97 Å². The number of hydrogen-bond acceptors (Lipinski definition) is 5. The quantitative estimate of drug-likeness (QED) is 0.315. The first-order chi connectivity index (χ1) is 14.6. The summed E-state index contributed by atoms with van der Waals surface area (Å²) in [7, 11) is 0. The molecule has 6 heteroatoms. The molecule has 1 N–H and O–H groups in total. The number of aromatic nitrogens is 2. The molecule has 1 unspecified atom stereocenters. The number of hydrogen-bond donors (Lipinski definition) is 2. The van der Waals surface area contributed by atoms with Gasteiger partial charge in [0.2, 0.25) is 0 Å². The summed E-state index contributed by atoms with van der Waals surface area (Å²) in [6, 6.07) is 20.6. The first-order valence-electron chi connectivity index (χ1n) is 9.05. The highest BCUT2D eigenvalue weighted by Crippen LogP contribution is 2.39. The van der Waals surface area contributed by atoms with Crippen molar-refractivity contribution < 1.29 is 0 Å². The Morgan fingerprint density at radius 3 is 2.57 bits per heavy atom. The van der Waals surface area contributed by atoms with E-state index >= 15 is 0 Å². The molecule has 0 aliphatic rings. The maximum atomic E-state index is 9.03. The second kappa shape index (κ2) is 8.47. The minimum Gasteiger partial charge on any atom is -0.340 e. The Kier molecular flexibility index (Phi) is 5.59. The van der Waals surface area contributed by atoms with Gasteiger partial charge in [0, 0.05) is 27.2 Å². The van der Waals surface area contributed by atoms with Crippen LogP contribution in [0, 0.1) is 23.7 Å². The third-order valence-corrected chi connectivity index (χ3v) is 5.60. The van der Waals surface area contributed by atoms with Gasteiger partial charge in [0.05, 0.1) is 22.4 Å². The summed E-state index contributed by atoms with van der Waals surface area (Å²) in [4.78, 5) is 8.89.